The molecule has 3 rings (SSSR count). The van der Waals surface area contributed by atoms with Gasteiger partial charge in [-0.15, -0.1) is 0 Å². The summed E-state index contributed by atoms with van der Waals surface area (Å²) in [5.74, 6) is -0.263. The van der Waals surface area contributed by atoms with E-state index in [1.165, 1.54) is 12.3 Å². The first-order chi connectivity index (χ1) is 13.3. The fourth-order valence-corrected chi connectivity index (χ4v) is 2.80. The minimum absolute atomic E-state index is 0.122. The molecule has 148 valence electrons. The molecule has 0 saturated heterocycles. The highest BCUT2D eigenvalue weighted by molar-refractivity contribution is 6.04. The molecule has 0 aliphatic rings. The molecule has 2 aromatic heterocycles. The number of benzene rings is 1. The number of pyridine rings is 1. The van der Waals surface area contributed by atoms with Crippen LogP contribution in [0.3, 0.4) is 0 Å². The number of aliphatic hydroxyl groups excluding tert-OH is 1. The molecule has 3 aromatic rings. The van der Waals surface area contributed by atoms with Gasteiger partial charge in [-0.1, -0.05) is 12.1 Å². The number of carbonyl (C=O) groups is 1. The van der Waals surface area contributed by atoms with Crippen LogP contribution in [-0.2, 0) is 6.54 Å². The van der Waals surface area contributed by atoms with Crippen LogP contribution in [0.4, 0.5) is 8.78 Å². The van der Waals surface area contributed by atoms with Gasteiger partial charge in [-0.2, -0.15) is 13.9 Å². The number of amides is 1. The molecule has 1 amide bonds. The number of ether oxygens (including phenoxy) is 1. The van der Waals surface area contributed by atoms with Crippen molar-refractivity contribution in [3.8, 4) is 5.75 Å². The van der Waals surface area contributed by atoms with Crippen LogP contribution in [0.1, 0.15) is 28.5 Å². The van der Waals surface area contributed by atoms with Crippen molar-refractivity contribution in [1.29, 1.82) is 0 Å². The van der Waals surface area contributed by atoms with Gasteiger partial charge in [-0.3, -0.25) is 14.5 Å². The van der Waals surface area contributed by atoms with E-state index in [0.29, 0.717) is 23.0 Å². The molecule has 0 unspecified atom stereocenters. The first kappa shape index (κ1) is 19.7. The lowest BCUT2D eigenvalue weighted by atomic mass is 10.1. The Balaban J connectivity index is 1.82. The van der Waals surface area contributed by atoms with Crippen molar-refractivity contribution in [3.63, 3.8) is 0 Å². The Labute approximate surface area is 160 Å². The number of aryl methyl sites for hydroxylation is 1. The molecule has 1 aromatic carbocycles. The summed E-state index contributed by atoms with van der Waals surface area (Å²) in [6, 6.07) is 6.63. The van der Waals surface area contributed by atoms with E-state index in [4.69, 9.17) is 0 Å². The molecular weight excluding hydrogens is 370 g/mol. The summed E-state index contributed by atoms with van der Waals surface area (Å²) in [5.41, 5.74) is 2.27. The first-order valence-corrected chi connectivity index (χ1v) is 8.66. The Hall–Kier alpha value is -3.07. The lowest BCUT2D eigenvalue weighted by Crippen LogP contribution is -2.31. The lowest BCUT2D eigenvalue weighted by Gasteiger charge is -2.09. The van der Waals surface area contributed by atoms with Gasteiger partial charge < -0.3 is 15.2 Å². The average Bonchev–Trinajstić information content (AvgIpc) is 3.04. The molecule has 0 aliphatic carbocycles. The molecule has 7 nitrogen and oxygen atoms in total. The van der Waals surface area contributed by atoms with E-state index in [0.717, 1.165) is 5.56 Å². The fraction of sp³-hybridized carbons (Fsp3) is 0.316. The van der Waals surface area contributed by atoms with E-state index < -0.39 is 18.6 Å². The molecule has 2 N–H and O–H groups in total. The number of aromatic nitrogens is 3. The second kappa shape index (κ2) is 8.30. The van der Waals surface area contributed by atoms with Crippen molar-refractivity contribution in [2.75, 3.05) is 6.54 Å². The zero-order valence-corrected chi connectivity index (χ0v) is 15.4. The van der Waals surface area contributed by atoms with Gasteiger partial charge in [0.05, 0.1) is 23.6 Å². The molecule has 1 atom stereocenters. The Morgan fingerprint density at radius 2 is 2.14 bits per heavy atom. The summed E-state index contributed by atoms with van der Waals surface area (Å²) >= 11 is 0. The van der Waals surface area contributed by atoms with E-state index >= 15 is 0 Å². The highest BCUT2D eigenvalue weighted by Gasteiger charge is 2.15. The van der Waals surface area contributed by atoms with Crippen LogP contribution >= 0.6 is 0 Å². The number of nitrogens with one attached hydrogen (secondary N) is 1. The van der Waals surface area contributed by atoms with Gasteiger partial charge in [0, 0.05) is 18.9 Å². The van der Waals surface area contributed by atoms with E-state index in [-0.39, 0.29) is 18.0 Å². The third-order valence-corrected chi connectivity index (χ3v) is 4.05. The van der Waals surface area contributed by atoms with Crippen molar-refractivity contribution in [1.82, 2.24) is 20.1 Å². The smallest absolute Gasteiger partial charge is 0.387 e. The van der Waals surface area contributed by atoms with Crippen LogP contribution in [0, 0.1) is 6.92 Å². The molecule has 28 heavy (non-hydrogen) atoms. The van der Waals surface area contributed by atoms with Gasteiger partial charge in [-0.25, -0.2) is 0 Å². The number of nitrogens with zero attached hydrogens (tertiary/aromatic N) is 3. The number of hydrogen-bond acceptors (Lipinski definition) is 5. The van der Waals surface area contributed by atoms with Crippen LogP contribution in [0.2, 0.25) is 0 Å². The highest BCUT2D eigenvalue weighted by Crippen LogP contribution is 2.22. The number of rotatable bonds is 7. The zero-order chi connectivity index (χ0) is 20.3. The predicted molar refractivity (Wildman–Crippen MR) is 98.5 cm³/mol. The first-order valence-electron chi connectivity index (χ1n) is 8.66. The summed E-state index contributed by atoms with van der Waals surface area (Å²) in [6.07, 6.45) is 2.54. The van der Waals surface area contributed by atoms with Crippen LogP contribution in [0.15, 0.2) is 36.7 Å². The van der Waals surface area contributed by atoms with Crippen molar-refractivity contribution in [2.45, 2.75) is 33.1 Å². The average molecular weight is 390 g/mol. The molecule has 0 bridgehead atoms. The van der Waals surface area contributed by atoms with Crippen LogP contribution in [0.5, 0.6) is 5.75 Å². The van der Waals surface area contributed by atoms with E-state index in [9.17, 15) is 18.7 Å². The second-order valence-corrected chi connectivity index (χ2v) is 6.46. The number of fused-ring (bicyclic) bond motifs is 1. The minimum Gasteiger partial charge on any atom is -0.435 e. The third kappa shape index (κ3) is 4.61. The number of alkyl halides is 2. The maximum atomic E-state index is 12.4. The number of aliphatic hydroxyl groups is 1. The Kier molecular flexibility index (Phi) is 5.84. The number of halogens is 2. The van der Waals surface area contributed by atoms with E-state index in [1.807, 2.05) is 0 Å². The van der Waals surface area contributed by atoms with Crippen LogP contribution in [0.25, 0.3) is 10.9 Å². The quantitative estimate of drug-likeness (QED) is 0.647. The van der Waals surface area contributed by atoms with Crippen LogP contribution in [-0.4, -0.2) is 45.0 Å². The molecule has 9 heteroatoms. The fourth-order valence-electron chi connectivity index (χ4n) is 2.80. The predicted octanol–water partition coefficient (Wildman–Crippen LogP) is 2.50. The van der Waals surface area contributed by atoms with Gasteiger partial charge in [0.1, 0.15) is 11.4 Å². The highest BCUT2D eigenvalue weighted by atomic mass is 19.3. The maximum absolute atomic E-state index is 12.4. The second-order valence-electron chi connectivity index (χ2n) is 6.46. The molecule has 0 radical (unpaired) electrons. The largest absolute Gasteiger partial charge is 0.435 e. The summed E-state index contributed by atoms with van der Waals surface area (Å²) in [4.78, 5) is 16.4. The minimum atomic E-state index is -2.87. The van der Waals surface area contributed by atoms with Gasteiger partial charge in [-0.05, 0) is 37.1 Å². The zero-order valence-electron chi connectivity index (χ0n) is 15.4. The van der Waals surface area contributed by atoms with Crippen molar-refractivity contribution in [3.05, 3.63) is 53.5 Å². The Morgan fingerprint density at radius 3 is 2.82 bits per heavy atom. The summed E-state index contributed by atoms with van der Waals surface area (Å²) in [5, 5.41) is 17.0. The van der Waals surface area contributed by atoms with Gasteiger partial charge in [0.2, 0.25) is 0 Å². The molecular formula is C19H20F2N4O3. The van der Waals surface area contributed by atoms with E-state index in [1.54, 1.807) is 42.9 Å². The van der Waals surface area contributed by atoms with Crippen molar-refractivity contribution < 1.29 is 23.4 Å². The van der Waals surface area contributed by atoms with Crippen molar-refractivity contribution in [2.24, 2.45) is 0 Å². The standard InChI is InChI=1S/C19H20F2N4O3/c1-11-7-13(3-4-16(11)28-19(20)21)9-25-10-14-15(24-25)5-6-22-17(14)18(27)23-8-12(2)26/h3-7,10,12,19,26H,8-9H2,1-2H3,(H,23,27)/t12-/m1/s1. The maximum Gasteiger partial charge on any atom is 0.387 e. The summed E-state index contributed by atoms with van der Waals surface area (Å²) < 4.78 is 30.9. The number of carbonyl (C=O) groups excluding carboxylic acids is 1. The SMILES string of the molecule is Cc1cc(Cn2cc3c(C(=O)NC[C@@H](C)O)nccc3n2)ccc1OC(F)F. The lowest BCUT2D eigenvalue weighted by molar-refractivity contribution is -0.0503. The van der Waals surface area contributed by atoms with Gasteiger partial charge >= 0.3 is 6.61 Å². The topological polar surface area (TPSA) is 89.3 Å². The summed E-state index contributed by atoms with van der Waals surface area (Å²) in [7, 11) is 0. The van der Waals surface area contributed by atoms with Gasteiger partial charge in [0.25, 0.3) is 5.91 Å². The third-order valence-electron chi connectivity index (χ3n) is 4.05. The van der Waals surface area contributed by atoms with E-state index in [2.05, 4.69) is 20.1 Å². The molecule has 0 spiro atoms. The molecule has 0 saturated carbocycles. The monoisotopic (exact) mass is 390 g/mol. The van der Waals surface area contributed by atoms with Crippen molar-refractivity contribution >= 4 is 16.8 Å². The van der Waals surface area contributed by atoms with Gasteiger partial charge in [0.15, 0.2) is 0 Å². The summed E-state index contributed by atoms with van der Waals surface area (Å²) in [6.45, 7) is 0.907. The molecule has 2 heterocycles. The normalized spacial score (nSPS) is 12.4. The molecule has 0 fully saturated rings. The molecule has 0 aliphatic heterocycles. The number of hydrogen-bond donors (Lipinski definition) is 2. The Morgan fingerprint density at radius 1 is 1.36 bits per heavy atom. The Bertz CT molecular complexity index is 988. The van der Waals surface area contributed by atoms with Crippen LogP contribution < -0.4 is 10.1 Å².